The first-order valence-electron chi connectivity index (χ1n) is 6.32. The number of amides is 1. The number of hydrogen-bond donors (Lipinski definition) is 2. The normalized spacial score (nSPS) is 11.4. The fourth-order valence-corrected chi connectivity index (χ4v) is 2.76. The van der Waals surface area contributed by atoms with Gasteiger partial charge in [0.05, 0.1) is 11.7 Å². The molecule has 0 radical (unpaired) electrons. The van der Waals surface area contributed by atoms with Crippen molar-refractivity contribution in [2.75, 3.05) is 0 Å². The van der Waals surface area contributed by atoms with Gasteiger partial charge in [-0.2, -0.15) is 5.10 Å². The summed E-state index contributed by atoms with van der Waals surface area (Å²) in [5.41, 5.74) is 7.04. The first-order chi connectivity index (χ1) is 9.74. The number of benzene rings is 3. The lowest BCUT2D eigenvalue weighted by molar-refractivity contribution is 0.100. The van der Waals surface area contributed by atoms with Crippen LogP contribution in [0.1, 0.15) is 10.4 Å². The van der Waals surface area contributed by atoms with Gasteiger partial charge in [-0.25, -0.2) is 0 Å². The summed E-state index contributed by atoms with van der Waals surface area (Å²) in [6.45, 7) is 0. The van der Waals surface area contributed by atoms with Gasteiger partial charge in [0, 0.05) is 16.3 Å². The van der Waals surface area contributed by atoms with Crippen molar-refractivity contribution in [1.29, 1.82) is 0 Å². The van der Waals surface area contributed by atoms with Crippen LogP contribution in [0, 0.1) is 0 Å². The molecule has 0 unspecified atom stereocenters. The molecule has 0 aliphatic rings. The summed E-state index contributed by atoms with van der Waals surface area (Å²) in [6, 6.07) is 13.7. The van der Waals surface area contributed by atoms with Crippen molar-refractivity contribution in [3.8, 4) is 0 Å². The molecule has 0 aliphatic carbocycles. The number of carbonyl (C=O) groups is 1. The van der Waals surface area contributed by atoms with Crippen molar-refractivity contribution in [1.82, 2.24) is 10.2 Å². The third-order valence-electron chi connectivity index (χ3n) is 3.68. The van der Waals surface area contributed by atoms with Gasteiger partial charge in [-0.1, -0.05) is 24.3 Å². The fraction of sp³-hybridized carbons (Fsp3) is 0. The summed E-state index contributed by atoms with van der Waals surface area (Å²) in [4.78, 5) is 11.7. The largest absolute Gasteiger partial charge is 0.366 e. The van der Waals surface area contributed by atoms with Crippen molar-refractivity contribution < 1.29 is 4.79 Å². The van der Waals surface area contributed by atoms with Crippen LogP contribution in [-0.2, 0) is 0 Å². The number of carbonyl (C=O) groups excluding carboxylic acids is 1. The van der Waals surface area contributed by atoms with E-state index in [9.17, 15) is 4.79 Å². The Labute approximate surface area is 114 Å². The molecule has 0 spiro atoms. The maximum atomic E-state index is 11.7. The van der Waals surface area contributed by atoms with Crippen molar-refractivity contribution in [3.63, 3.8) is 0 Å². The molecule has 4 aromatic rings. The Morgan fingerprint density at radius 2 is 1.90 bits per heavy atom. The molecule has 4 heteroatoms. The average Bonchev–Trinajstić information content (AvgIpc) is 2.91. The number of nitrogens with one attached hydrogen (secondary N) is 1. The van der Waals surface area contributed by atoms with Gasteiger partial charge in [0.1, 0.15) is 0 Å². The Bertz CT molecular complexity index is 985. The molecule has 96 valence electrons. The molecule has 0 bridgehead atoms. The van der Waals surface area contributed by atoms with Crippen molar-refractivity contribution in [2.24, 2.45) is 5.73 Å². The minimum Gasteiger partial charge on any atom is -0.366 e. The second-order valence-electron chi connectivity index (χ2n) is 4.86. The number of aromatic amines is 1. The monoisotopic (exact) mass is 261 g/mol. The van der Waals surface area contributed by atoms with Crippen LogP contribution < -0.4 is 5.73 Å². The van der Waals surface area contributed by atoms with Crippen molar-refractivity contribution in [2.45, 2.75) is 0 Å². The van der Waals surface area contributed by atoms with Gasteiger partial charge in [-0.3, -0.25) is 9.89 Å². The molecule has 1 aromatic heterocycles. The van der Waals surface area contributed by atoms with Gasteiger partial charge in [-0.05, 0) is 34.4 Å². The highest BCUT2D eigenvalue weighted by Crippen LogP contribution is 2.30. The number of H-pyrrole nitrogens is 1. The molecule has 1 amide bonds. The predicted octanol–water partition coefficient (Wildman–Crippen LogP) is 2.97. The van der Waals surface area contributed by atoms with Gasteiger partial charge in [0.15, 0.2) is 0 Å². The van der Waals surface area contributed by atoms with Crippen LogP contribution in [0.15, 0.2) is 48.7 Å². The standard InChI is InChI=1S/C16H11N3O/c17-16(20)12-3-1-2-9-4-5-10-7-14-11(8-18-19-14)6-13(10)15(9)12/h1-8H,(H2,17,20)(H,18,19). The minimum atomic E-state index is -0.407. The van der Waals surface area contributed by atoms with Gasteiger partial charge < -0.3 is 5.73 Å². The molecule has 1 heterocycles. The van der Waals surface area contributed by atoms with E-state index in [2.05, 4.69) is 10.2 Å². The first kappa shape index (κ1) is 11.0. The summed E-state index contributed by atoms with van der Waals surface area (Å²) >= 11 is 0. The van der Waals surface area contributed by atoms with Crippen molar-refractivity contribution >= 4 is 38.4 Å². The lowest BCUT2D eigenvalue weighted by Crippen LogP contribution is -2.11. The third-order valence-corrected chi connectivity index (χ3v) is 3.68. The molecule has 4 nitrogen and oxygen atoms in total. The van der Waals surface area contributed by atoms with E-state index < -0.39 is 5.91 Å². The highest BCUT2D eigenvalue weighted by Gasteiger charge is 2.10. The number of primary amides is 1. The van der Waals surface area contributed by atoms with Crippen LogP contribution in [0.4, 0.5) is 0 Å². The zero-order valence-corrected chi connectivity index (χ0v) is 10.6. The Morgan fingerprint density at radius 3 is 2.75 bits per heavy atom. The highest BCUT2D eigenvalue weighted by molar-refractivity contribution is 6.19. The van der Waals surface area contributed by atoms with Gasteiger partial charge in [0.2, 0.25) is 5.91 Å². The zero-order chi connectivity index (χ0) is 13.7. The fourth-order valence-electron chi connectivity index (χ4n) is 2.76. The lowest BCUT2D eigenvalue weighted by Gasteiger charge is -2.08. The van der Waals surface area contributed by atoms with Crippen LogP contribution in [0.25, 0.3) is 32.4 Å². The highest BCUT2D eigenvalue weighted by atomic mass is 16.1. The summed E-state index contributed by atoms with van der Waals surface area (Å²) < 4.78 is 0. The maximum absolute atomic E-state index is 11.7. The molecule has 20 heavy (non-hydrogen) atoms. The molecule has 0 aliphatic heterocycles. The van der Waals surface area contributed by atoms with Crippen LogP contribution in [-0.4, -0.2) is 16.1 Å². The molecule has 3 N–H and O–H groups in total. The Balaban J connectivity index is 2.28. The van der Waals surface area contributed by atoms with Gasteiger partial charge in [0.25, 0.3) is 0 Å². The summed E-state index contributed by atoms with van der Waals surface area (Å²) in [5, 5.41) is 12.0. The summed E-state index contributed by atoms with van der Waals surface area (Å²) in [5.74, 6) is -0.407. The van der Waals surface area contributed by atoms with Crippen LogP contribution >= 0.6 is 0 Å². The van der Waals surface area contributed by atoms with E-state index in [0.29, 0.717) is 5.56 Å². The van der Waals surface area contributed by atoms with E-state index >= 15 is 0 Å². The molecular formula is C16H11N3O. The predicted molar refractivity (Wildman–Crippen MR) is 79.6 cm³/mol. The van der Waals surface area contributed by atoms with Gasteiger partial charge >= 0.3 is 0 Å². The lowest BCUT2D eigenvalue weighted by atomic mass is 9.96. The van der Waals surface area contributed by atoms with E-state index in [-0.39, 0.29) is 0 Å². The zero-order valence-electron chi connectivity index (χ0n) is 10.6. The molecular weight excluding hydrogens is 250 g/mol. The Morgan fingerprint density at radius 1 is 1.05 bits per heavy atom. The molecule has 0 fully saturated rings. The SMILES string of the molecule is NC(=O)c1cccc2ccc3cc4[nH]ncc4cc3c12. The Hall–Kier alpha value is -2.88. The third kappa shape index (κ3) is 1.42. The molecule has 0 atom stereocenters. The number of nitrogens with two attached hydrogens (primary N) is 1. The molecule has 3 aromatic carbocycles. The number of hydrogen-bond acceptors (Lipinski definition) is 2. The quantitative estimate of drug-likeness (QED) is 0.517. The van der Waals surface area contributed by atoms with E-state index in [1.54, 1.807) is 12.3 Å². The minimum absolute atomic E-state index is 0.407. The van der Waals surface area contributed by atoms with E-state index in [1.807, 2.05) is 36.4 Å². The van der Waals surface area contributed by atoms with Crippen molar-refractivity contribution in [3.05, 3.63) is 54.2 Å². The number of rotatable bonds is 1. The van der Waals surface area contributed by atoms with Crippen LogP contribution in [0.5, 0.6) is 0 Å². The van der Waals surface area contributed by atoms with E-state index in [0.717, 1.165) is 32.4 Å². The van der Waals surface area contributed by atoms with E-state index in [4.69, 9.17) is 5.73 Å². The second-order valence-corrected chi connectivity index (χ2v) is 4.86. The first-order valence-corrected chi connectivity index (χ1v) is 6.32. The molecule has 0 saturated carbocycles. The smallest absolute Gasteiger partial charge is 0.249 e. The molecule has 0 saturated heterocycles. The van der Waals surface area contributed by atoms with Crippen LogP contribution in [0.3, 0.4) is 0 Å². The van der Waals surface area contributed by atoms with Gasteiger partial charge in [-0.15, -0.1) is 0 Å². The summed E-state index contributed by atoms with van der Waals surface area (Å²) in [6.07, 6.45) is 1.78. The number of fused-ring (bicyclic) bond motifs is 4. The van der Waals surface area contributed by atoms with E-state index in [1.165, 1.54) is 0 Å². The average molecular weight is 261 g/mol. The van der Waals surface area contributed by atoms with Crippen LogP contribution in [0.2, 0.25) is 0 Å². The number of aromatic nitrogens is 2. The topological polar surface area (TPSA) is 71.8 Å². The Kier molecular flexibility index (Phi) is 2.09. The summed E-state index contributed by atoms with van der Waals surface area (Å²) in [7, 11) is 0. The number of nitrogens with zero attached hydrogens (tertiary/aromatic N) is 1. The second kappa shape index (κ2) is 3.81. The molecule has 4 rings (SSSR count). The maximum Gasteiger partial charge on any atom is 0.249 e.